The highest BCUT2D eigenvalue weighted by Gasteiger charge is 2.33. The van der Waals surface area contributed by atoms with Gasteiger partial charge in [-0.05, 0) is 58.0 Å². The van der Waals surface area contributed by atoms with Gasteiger partial charge in [0, 0.05) is 6.54 Å². The average molecular weight is 242 g/mol. The van der Waals surface area contributed by atoms with Gasteiger partial charge in [0.1, 0.15) is 5.54 Å². The van der Waals surface area contributed by atoms with Gasteiger partial charge in [0.05, 0.1) is 0 Å². The number of nitrogens with zero attached hydrogens (tertiary/aromatic N) is 1. The summed E-state index contributed by atoms with van der Waals surface area (Å²) in [5.41, 5.74) is 4.61. The molecule has 0 saturated heterocycles. The number of unbranched alkanes of at least 4 members (excludes halogenated alkanes) is 1. The third-order valence-corrected chi connectivity index (χ3v) is 3.80. The van der Waals surface area contributed by atoms with E-state index < -0.39 is 11.5 Å². The van der Waals surface area contributed by atoms with Crippen molar-refractivity contribution in [3.05, 3.63) is 0 Å². The van der Waals surface area contributed by atoms with Crippen LogP contribution < -0.4 is 5.73 Å². The zero-order valence-corrected chi connectivity index (χ0v) is 11.3. The number of aliphatic carboxylic acids is 1. The third kappa shape index (κ3) is 5.04. The Bertz CT molecular complexity index is 266. The highest BCUT2D eigenvalue weighted by Crippen LogP contribution is 2.37. The van der Waals surface area contributed by atoms with Crippen molar-refractivity contribution in [2.75, 3.05) is 20.1 Å². The van der Waals surface area contributed by atoms with Crippen LogP contribution in [-0.2, 0) is 4.79 Å². The van der Waals surface area contributed by atoms with Gasteiger partial charge in [-0.2, -0.15) is 0 Å². The summed E-state index contributed by atoms with van der Waals surface area (Å²) in [6, 6.07) is 0. The van der Waals surface area contributed by atoms with Gasteiger partial charge in [-0.15, -0.1) is 0 Å². The highest BCUT2D eigenvalue weighted by atomic mass is 16.4. The van der Waals surface area contributed by atoms with Crippen LogP contribution in [0.4, 0.5) is 0 Å². The lowest BCUT2D eigenvalue weighted by Gasteiger charge is -2.20. The molecule has 3 unspecified atom stereocenters. The lowest BCUT2D eigenvalue weighted by Crippen LogP contribution is -2.44. The fourth-order valence-electron chi connectivity index (χ4n) is 2.13. The molecule has 0 radical (unpaired) electrons. The fraction of sp³-hybridized carbons (Fsp3) is 0.923. The Balaban J connectivity index is 2.05. The second-order valence-electron chi connectivity index (χ2n) is 5.92. The Kier molecular flexibility index (Phi) is 4.95. The molecule has 0 aromatic rings. The molecule has 1 fully saturated rings. The van der Waals surface area contributed by atoms with Crippen molar-refractivity contribution in [1.29, 1.82) is 0 Å². The van der Waals surface area contributed by atoms with Gasteiger partial charge in [0.25, 0.3) is 0 Å². The monoisotopic (exact) mass is 242 g/mol. The summed E-state index contributed by atoms with van der Waals surface area (Å²) < 4.78 is 0. The normalized spacial score (nSPS) is 26.9. The van der Waals surface area contributed by atoms with Crippen molar-refractivity contribution in [1.82, 2.24) is 4.90 Å². The topological polar surface area (TPSA) is 66.6 Å². The number of carboxylic acid groups (broad SMARTS) is 1. The second-order valence-corrected chi connectivity index (χ2v) is 5.92. The quantitative estimate of drug-likeness (QED) is 0.634. The molecule has 17 heavy (non-hydrogen) atoms. The maximum absolute atomic E-state index is 10.8. The predicted octanol–water partition coefficient (Wildman–Crippen LogP) is 1.55. The van der Waals surface area contributed by atoms with E-state index in [-0.39, 0.29) is 0 Å². The molecule has 0 aromatic carbocycles. The number of nitrogens with two attached hydrogens (primary N) is 1. The van der Waals surface area contributed by atoms with Crippen LogP contribution in [0.3, 0.4) is 0 Å². The van der Waals surface area contributed by atoms with Crippen LogP contribution in [0.25, 0.3) is 0 Å². The molecular formula is C13H26N2O2. The first-order valence-electron chi connectivity index (χ1n) is 6.54. The molecule has 3 N–H and O–H groups in total. The molecule has 3 atom stereocenters. The van der Waals surface area contributed by atoms with Gasteiger partial charge in [-0.3, -0.25) is 4.79 Å². The fourth-order valence-corrected chi connectivity index (χ4v) is 2.13. The van der Waals surface area contributed by atoms with E-state index in [1.165, 1.54) is 13.0 Å². The van der Waals surface area contributed by atoms with E-state index >= 15 is 0 Å². The van der Waals surface area contributed by atoms with Crippen LogP contribution in [0.1, 0.15) is 39.5 Å². The van der Waals surface area contributed by atoms with Crippen LogP contribution in [0, 0.1) is 11.8 Å². The van der Waals surface area contributed by atoms with Gasteiger partial charge in [-0.1, -0.05) is 6.92 Å². The molecule has 1 saturated carbocycles. The Hall–Kier alpha value is -0.610. The Morgan fingerprint density at radius 3 is 2.59 bits per heavy atom. The summed E-state index contributed by atoms with van der Waals surface area (Å²) >= 11 is 0. The highest BCUT2D eigenvalue weighted by molar-refractivity contribution is 5.77. The molecule has 4 heteroatoms. The molecule has 1 rings (SSSR count). The molecule has 0 bridgehead atoms. The minimum atomic E-state index is -1.07. The van der Waals surface area contributed by atoms with Crippen LogP contribution in [0.2, 0.25) is 0 Å². The predicted molar refractivity (Wildman–Crippen MR) is 68.8 cm³/mol. The van der Waals surface area contributed by atoms with E-state index in [2.05, 4.69) is 18.9 Å². The van der Waals surface area contributed by atoms with Gasteiger partial charge in [-0.25, -0.2) is 0 Å². The molecule has 0 heterocycles. The molecule has 0 spiro atoms. The minimum Gasteiger partial charge on any atom is -0.480 e. The van der Waals surface area contributed by atoms with Crippen molar-refractivity contribution in [3.8, 4) is 0 Å². The van der Waals surface area contributed by atoms with E-state index in [9.17, 15) is 4.79 Å². The van der Waals surface area contributed by atoms with Crippen LogP contribution >= 0.6 is 0 Å². The summed E-state index contributed by atoms with van der Waals surface area (Å²) in [5.74, 6) is 0.883. The van der Waals surface area contributed by atoms with Crippen molar-refractivity contribution in [3.63, 3.8) is 0 Å². The maximum atomic E-state index is 10.8. The average Bonchev–Trinajstić information content (AvgIpc) is 2.89. The van der Waals surface area contributed by atoms with E-state index in [0.29, 0.717) is 6.42 Å². The standard InChI is InChI=1S/C13H26N2O2/c1-10-8-11(10)9-15(3)7-5-4-6-13(2,14)12(16)17/h10-11H,4-9,14H2,1-3H3,(H,16,17). The van der Waals surface area contributed by atoms with Crippen molar-refractivity contribution in [2.24, 2.45) is 17.6 Å². The largest absolute Gasteiger partial charge is 0.480 e. The van der Waals surface area contributed by atoms with Crippen LogP contribution in [-0.4, -0.2) is 41.7 Å². The number of carboxylic acids is 1. The zero-order valence-electron chi connectivity index (χ0n) is 11.3. The number of carbonyl (C=O) groups is 1. The van der Waals surface area contributed by atoms with E-state index in [4.69, 9.17) is 10.8 Å². The van der Waals surface area contributed by atoms with Crippen LogP contribution in [0.15, 0.2) is 0 Å². The van der Waals surface area contributed by atoms with E-state index in [1.54, 1.807) is 6.92 Å². The number of rotatable bonds is 8. The first-order valence-corrected chi connectivity index (χ1v) is 6.54. The van der Waals surface area contributed by atoms with Crippen LogP contribution in [0.5, 0.6) is 0 Å². The number of hydrogen-bond donors (Lipinski definition) is 2. The molecule has 1 aliphatic carbocycles. The first-order chi connectivity index (χ1) is 7.83. The summed E-state index contributed by atoms with van der Waals surface area (Å²) in [6.45, 7) is 6.11. The third-order valence-electron chi connectivity index (χ3n) is 3.80. The smallest absolute Gasteiger partial charge is 0.323 e. The zero-order chi connectivity index (χ0) is 13.1. The lowest BCUT2D eigenvalue weighted by molar-refractivity contribution is -0.142. The Morgan fingerprint density at radius 1 is 1.53 bits per heavy atom. The summed E-state index contributed by atoms with van der Waals surface area (Å²) in [4.78, 5) is 13.2. The SMILES string of the molecule is CC1CC1CN(C)CCCCC(C)(N)C(=O)O. The Labute approximate surface area is 104 Å². The molecular weight excluding hydrogens is 216 g/mol. The molecule has 1 aliphatic rings. The molecule has 100 valence electrons. The maximum Gasteiger partial charge on any atom is 0.323 e. The Morgan fingerprint density at radius 2 is 2.12 bits per heavy atom. The number of hydrogen-bond acceptors (Lipinski definition) is 3. The van der Waals surface area contributed by atoms with Crippen molar-refractivity contribution >= 4 is 5.97 Å². The van der Waals surface area contributed by atoms with Gasteiger partial charge in [0.15, 0.2) is 0 Å². The summed E-state index contributed by atoms with van der Waals surface area (Å²) in [5, 5.41) is 8.87. The lowest BCUT2D eigenvalue weighted by atomic mass is 9.96. The van der Waals surface area contributed by atoms with Gasteiger partial charge >= 0.3 is 5.97 Å². The summed E-state index contributed by atoms with van der Waals surface area (Å²) in [7, 11) is 2.14. The van der Waals surface area contributed by atoms with E-state index in [1.807, 2.05) is 0 Å². The molecule has 0 aliphatic heterocycles. The minimum absolute atomic E-state index is 0.552. The van der Waals surface area contributed by atoms with Crippen molar-refractivity contribution in [2.45, 2.75) is 45.1 Å². The van der Waals surface area contributed by atoms with Gasteiger partial charge in [0.2, 0.25) is 0 Å². The van der Waals surface area contributed by atoms with Crippen molar-refractivity contribution < 1.29 is 9.90 Å². The molecule has 4 nitrogen and oxygen atoms in total. The molecule has 0 aromatic heterocycles. The first kappa shape index (κ1) is 14.5. The molecule has 0 amide bonds. The second kappa shape index (κ2) is 5.83. The summed E-state index contributed by atoms with van der Waals surface area (Å²) in [6.07, 6.45) is 3.82. The van der Waals surface area contributed by atoms with E-state index in [0.717, 1.165) is 31.2 Å². The van der Waals surface area contributed by atoms with Gasteiger partial charge < -0.3 is 15.7 Å².